The number of hydrogen-bond acceptors (Lipinski definition) is 7. The van der Waals surface area contributed by atoms with Gasteiger partial charge in [0, 0.05) is 12.8 Å². The number of phosphoric acid groups is 1. The van der Waals surface area contributed by atoms with E-state index in [9.17, 15) is 19.0 Å². The monoisotopic (exact) mass is 1190 g/mol. The van der Waals surface area contributed by atoms with E-state index in [-0.39, 0.29) is 32.0 Å². The van der Waals surface area contributed by atoms with Crippen molar-refractivity contribution in [1.82, 2.24) is 0 Å². The first kappa shape index (κ1) is 80.2. The molecule has 0 aromatic heterocycles. The van der Waals surface area contributed by atoms with Gasteiger partial charge in [-0.1, -0.05) is 282 Å². The Bertz CT molecular complexity index is 1880. The number of phosphoric ester groups is 1. The molecule has 480 valence electrons. The lowest BCUT2D eigenvalue weighted by Crippen LogP contribution is -2.37. The molecule has 2 unspecified atom stereocenters. The van der Waals surface area contributed by atoms with Gasteiger partial charge in [-0.3, -0.25) is 18.6 Å². The van der Waals surface area contributed by atoms with Crippen LogP contribution in [0, 0.1) is 0 Å². The fourth-order valence-electron chi connectivity index (χ4n) is 9.05. The predicted octanol–water partition coefficient (Wildman–Crippen LogP) is 22.0. The van der Waals surface area contributed by atoms with Crippen LogP contribution in [0.25, 0.3) is 0 Å². The van der Waals surface area contributed by atoms with E-state index in [0.29, 0.717) is 17.4 Å². The number of allylic oxidation sites excluding steroid dienone is 22. The number of quaternary nitrogens is 1. The summed E-state index contributed by atoms with van der Waals surface area (Å²) >= 11 is 0. The molecule has 0 aliphatic rings. The zero-order valence-corrected chi connectivity index (χ0v) is 55.5. The summed E-state index contributed by atoms with van der Waals surface area (Å²) in [6.45, 7) is 4.19. The van der Waals surface area contributed by atoms with Gasteiger partial charge in [-0.05, 0) is 109 Å². The number of unbranched alkanes of at least 4 members (excludes halogenated alkanes) is 25. The Morgan fingerprint density at radius 2 is 0.643 bits per heavy atom. The first-order valence-corrected chi connectivity index (χ1v) is 35.4. The van der Waals surface area contributed by atoms with Gasteiger partial charge in [-0.2, -0.15) is 0 Å². The molecule has 1 N–H and O–H groups in total. The molecule has 10 heteroatoms. The lowest BCUT2D eigenvalue weighted by molar-refractivity contribution is -0.870. The molecular formula is C74H127NO8P+. The Morgan fingerprint density at radius 1 is 0.369 bits per heavy atom. The van der Waals surface area contributed by atoms with E-state index in [4.69, 9.17) is 18.5 Å². The van der Waals surface area contributed by atoms with Gasteiger partial charge in [-0.15, -0.1) is 0 Å². The zero-order chi connectivity index (χ0) is 61.2. The van der Waals surface area contributed by atoms with Crippen molar-refractivity contribution >= 4 is 19.8 Å². The van der Waals surface area contributed by atoms with E-state index >= 15 is 0 Å². The number of nitrogens with zero attached hydrogens (tertiary/aromatic N) is 1. The Morgan fingerprint density at radius 3 is 0.952 bits per heavy atom. The maximum absolute atomic E-state index is 12.9. The van der Waals surface area contributed by atoms with Crippen molar-refractivity contribution in [3.05, 3.63) is 134 Å². The highest BCUT2D eigenvalue weighted by Gasteiger charge is 2.27. The minimum Gasteiger partial charge on any atom is -0.462 e. The number of hydrogen-bond donors (Lipinski definition) is 1. The summed E-state index contributed by atoms with van der Waals surface area (Å²) in [5.74, 6) is -0.813. The van der Waals surface area contributed by atoms with Gasteiger partial charge >= 0.3 is 19.8 Å². The second kappa shape index (κ2) is 63.6. The molecule has 0 rings (SSSR count). The normalized spacial score (nSPS) is 14.0. The molecule has 0 aromatic rings. The van der Waals surface area contributed by atoms with Crippen LogP contribution >= 0.6 is 7.82 Å². The zero-order valence-electron chi connectivity index (χ0n) is 54.6. The Balaban J connectivity index is 4.00. The molecule has 0 saturated carbocycles. The molecule has 0 saturated heterocycles. The van der Waals surface area contributed by atoms with Gasteiger partial charge < -0.3 is 18.9 Å². The fraction of sp³-hybridized carbons (Fsp3) is 0.676. The third-order valence-corrected chi connectivity index (χ3v) is 15.2. The van der Waals surface area contributed by atoms with Crippen molar-refractivity contribution in [1.29, 1.82) is 0 Å². The number of esters is 2. The van der Waals surface area contributed by atoms with Crippen LogP contribution in [-0.4, -0.2) is 74.9 Å². The summed E-state index contributed by atoms with van der Waals surface area (Å²) in [4.78, 5) is 35.8. The molecule has 2 atom stereocenters. The predicted molar refractivity (Wildman–Crippen MR) is 362 cm³/mol. The molecule has 0 aliphatic heterocycles. The maximum Gasteiger partial charge on any atom is 0.472 e. The fourth-order valence-corrected chi connectivity index (χ4v) is 9.79. The number of carbonyl (C=O) groups excluding carboxylic acids is 2. The quantitative estimate of drug-likeness (QED) is 0.0211. The van der Waals surface area contributed by atoms with E-state index < -0.39 is 26.5 Å². The highest BCUT2D eigenvalue weighted by Crippen LogP contribution is 2.43. The van der Waals surface area contributed by atoms with Crippen LogP contribution in [0.2, 0.25) is 0 Å². The van der Waals surface area contributed by atoms with E-state index in [0.717, 1.165) is 128 Å². The molecule has 0 aliphatic carbocycles. The SMILES string of the molecule is CC/C=C\C/C=C\C/C=C\C/C=C\C/C=C\C/C=C\C/C=C\CCCCCCCCCCCCCCCCCCCCCC(=O)OC(COC(=O)CCCCCCCC/C=C\C/C=C\C/C=C\C/C=C\CC)COP(=O)(O)OCC[N+](C)(C)C. The average Bonchev–Trinajstić information content (AvgIpc) is 3.61. The third kappa shape index (κ3) is 67.3. The highest BCUT2D eigenvalue weighted by molar-refractivity contribution is 7.47. The lowest BCUT2D eigenvalue weighted by Gasteiger charge is -2.24. The summed E-state index contributed by atoms with van der Waals surface area (Å²) in [6.07, 6.45) is 92.7. The summed E-state index contributed by atoms with van der Waals surface area (Å²) in [5, 5.41) is 0. The van der Waals surface area contributed by atoms with E-state index in [1.54, 1.807) is 0 Å². The second-order valence-electron chi connectivity index (χ2n) is 23.4. The van der Waals surface area contributed by atoms with Gasteiger partial charge in [0.25, 0.3) is 0 Å². The van der Waals surface area contributed by atoms with Crippen molar-refractivity contribution in [3.63, 3.8) is 0 Å². The summed E-state index contributed by atoms with van der Waals surface area (Å²) in [7, 11) is 1.46. The van der Waals surface area contributed by atoms with E-state index in [1.807, 2.05) is 21.1 Å². The molecule has 0 fully saturated rings. The van der Waals surface area contributed by atoms with Crippen molar-refractivity contribution in [2.45, 2.75) is 277 Å². The van der Waals surface area contributed by atoms with E-state index in [1.165, 1.54) is 109 Å². The number of ether oxygens (including phenoxy) is 2. The third-order valence-electron chi connectivity index (χ3n) is 14.2. The van der Waals surface area contributed by atoms with Crippen LogP contribution in [-0.2, 0) is 32.7 Å². The van der Waals surface area contributed by atoms with Crippen LogP contribution in [0.3, 0.4) is 0 Å². The summed E-state index contributed by atoms with van der Waals surface area (Å²) in [6, 6.07) is 0. The van der Waals surface area contributed by atoms with Crippen molar-refractivity contribution < 1.29 is 42.1 Å². The van der Waals surface area contributed by atoms with Crippen molar-refractivity contribution in [2.75, 3.05) is 47.5 Å². The van der Waals surface area contributed by atoms with E-state index in [2.05, 4.69) is 148 Å². The standard InChI is InChI=1S/C74H126NO8P/c1-6-8-10-12-14-16-18-20-22-24-26-27-28-29-30-31-32-33-34-35-36-37-38-39-40-41-42-43-44-45-46-47-49-51-53-55-57-59-61-63-65-67-74(77)83-72(71-82-84(78,79)81-69-68-75(3,4)5)70-80-73(76)66-64-62-60-58-56-54-52-50-48-25-23-21-19-17-15-13-11-9-7-2/h8-11,14-17,20-23,26-27,29-30,32-33,35-36,48,50,72H,6-7,12-13,18-19,24-25,28,31,34,37-47,49,51-71H2,1-5H3/p+1/b10-8-,11-9-,16-14-,17-15-,22-20-,23-21-,27-26-,30-29-,33-32-,36-35-,50-48-. The molecule has 0 amide bonds. The Kier molecular flexibility index (Phi) is 60.7. The maximum atomic E-state index is 12.9. The molecule has 0 bridgehead atoms. The van der Waals surface area contributed by atoms with Gasteiger partial charge in [0.2, 0.25) is 0 Å². The minimum atomic E-state index is -4.40. The van der Waals surface area contributed by atoms with Crippen molar-refractivity contribution in [2.24, 2.45) is 0 Å². The van der Waals surface area contributed by atoms with Crippen LogP contribution in [0.1, 0.15) is 271 Å². The van der Waals surface area contributed by atoms with Gasteiger partial charge in [0.1, 0.15) is 19.8 Å². The molecule has 84 heavy (non-hydrogen) atoms. The molecule has 0 heterocycles. The number of rotatable bonds is 61. The minimum absolute atomic E-state index is 0.0248. The molecular weight excluding hydrogens is 1060 g/mol. The average molecular weight is 1190 g/mol. The molecule has 0 radical (unpaired) electrons. The van der Waals surface area contributed by atoms with Crippen LogP contribution in [0.15, 0.2) is 134 Å². The largest absolute Gasteiger partial charge is 0.472 e. The Hall–Kier alpha value is -3.85. The molecule has 0 aromatic carbocycles. The first-order valence-electron chi connectivity index (χ1n) is 33.9. The Labute approximate surface area is 517 Å². The highest BCUT2D eigenvalue weighted by atomic mass is 31.2. The molecule has 9 nitrogen and oxygen atoms in total. The van der Waals surface area contributed by atoms with Crippen molar-refractivity contribution in [3.8, 4) is 0 Å². The smallest absolute Gasteiger partial charge is 0.462 e. The molecule has 0 spiro atoms. The topological polar surface area (TPSA) is 108 Å². The lowest BCUT2D eigenvalue weighted by atomic mass is 10.0. The first-order chi connectivity index (χ1) is 41.0. The van der Waals surface area contributed by atoms with Gasteiger partial charge in [0.15, 0.2) is 6.10 Å². The van der Waals surface area contributed by atoms with Crippen LogP contribution < -0.4 is 0 Å². The summed E-state index contributed by atoms with van der Waals surface area (Å²) in [5.41, 5.74) is 0. The van der Waals surface area contributed by atoms with Gasteiger partial charge in [-0.25, -0.2) is 4.57 Å². The number of likely N-dealkylation sites (N-methyl/N-ethyl adjacent to an activating group) is 1. The number of carbonyl (C=O) groups is 2. The summed E-state index contributed by atoms with van der Waals surface area (Å²) < 4.78 is 34.6. The van der Waals surface area contributed by atoms with Crippen LogP contribution in [0.5, 0.6) is 0 Å². The van der Waals surface area contributed by atoms with Gasteiger partial charge in [0.05, 0.1) is 27.7 Å². The second-order valence-corrected chi connectivity index (χ2v) is 24.9. The van der Waals surface area contributed by atoms with Crippen LogP contribution in [0.4, 0.5) is 0 Å².